The SMILES string of the molecule is Cc1nnc(NCCC#N)nc1C. The van der Waals surface area contributed by atoms with Crippen molar-refractivity contribution in [2.24, 2.45) is 0 Å². The van der Waals surface area contributed by atoms with E-state index < -0.39 is 0 Å². The molecule has 0 saturated carbocycles. The summed E-state index contributed by atoms with van der Waals surface area (Å²) in [5, 5.41) is 18.9. The van der Waals surface area contributed by atoms with Crippen molar-refractivity contribution in [2.45, 2.75) is 20.3 Å². The first-order valence-electron chi connectivity index (χ1n) is 4.03. The summed E-state index contributed by atoms with van der Waals surface area (Å²) in [6.07, 6.45) is 0.441. The highest BCUT2D eigenvalue weighted by Gasteiger charge is 1.99. The fraction of sp³-hybridized carbons (Fsp3) is 0.500. The normalized spacial score (nSPS) is 9.31. The van der Waals surface area contributed by atoms with E-state index in [2.05, 4.69) is 20.5 Å². The Labute approximate surface area is 76.8 Å². The molecule has 1 aromatic heterocycles. The molecular weight excluding hydrogens is 166 g/mol. The van der Waals surface area contributed by atoms with E-state index in [1.807, 2.05) is 19.9 Å². The zero-order valence-corrected chi connectivity index (χ0v) is 7.70. The molecule has 0 aliphatic heterocycles. The van der Waals surface area contributed by atoms with Crippen LogP contribution in [-0.4, -0.2) is 21.7 Å². The van der Waals surface area contributed by atoms with Crippen LogP contribution in [0.3, 0.4) is 0 Å². The second-order valence-corrected chi connectivity index (χ2v) is 2.64. The van der Waals surface area contributed by atoms with Crippen LogP contribution in [0, 0.1) is 25.2 Å². The second-order valence-electron chi connectivity index (χ2n) is 2.64. The molecule has 0 unspecified atom stereocenters. The largest absolute Gasteiger partial charge is 0.352 e. The number of nitrogens with one attached hydrogen (secondary N) is 1. The highest BCUT2D eigenvalue weighted by Crippen LogP contribution is 2.01. The lowest BCUT2D eigenvalue weighted by Crippen LogP contribution is -2.07. The van der Waals surface area contributed by atoms with Crippen molar-refractivity contribution in [3.8, 4) is 6.07 Å². The smallest absolute Gasteiger partial charge is 0.242 e. The number of rotatable bonds is 3. The average molecular weight is 177 g/mol. The first kappa shape index (κ1) is 9.39. The summed E-state index contributed by atoms with van der Waals surface area (Å²) in [7, 11) is 0. The van der Waals surface area contributed by atoms with E-state index in [9.17, 15) is 0 Å². The van der Waals surface area contributed by atoms with Crippen LogP contribution in [0.15, 0.2) is 0 Å². The zero-order chi connectivity index (χ0) is 9.68. The van der Waals surface area contributed by atoms with Crippen LogP contribution in [0.4, 0.5) is 5.95 Å². The van der Waals surface area contributed by atoms with Gasteiger partial charge in [-0.3, -0.25) is 0 Å². The van der Waals surface area contributed by atoms with Crippen molar-refractivity contribution in [2.75, 3.05) is 11.9 Å². The maximum atomic E-state index is 8.30. The molecule has 0 bridgehead atoms. The monoisotopic (exact) mass is 177 g/mol. The number of hydrogen-bond donors (Lipinski definition) is 1. The molecule has 0 aromatic carbocycles. The lowest BCUT2D eigenvalue weighted by atomic mass is 10.4. The Kier molecular flexibility index (Phi) is 3.15. The van der Waals surface area contributed by atoms with Crippen LogP contribution >= 0.6 is 0 Å². The fourth-order valence-electron chi connectivity index (χ4n) is 0.762. The van der Waals surface area contributed by atoms with Crippen molar-refractivity contribution in [1.82, 2.24) is 15.2 Å². The molecule has 0 fully saturated rings. The molecule has 1 N–H and O–H groups in total. The standard InChI is InChI=1S/C8H11N5/c1-6-7(2)12-13-8(11-6)10-5-3-4-9/h3,5H2,1-2H3,(H,10,11,13). The zero-order valence-electron chi connectivity index (χ0n) is 7.70. The fourth-order valence-corrected chi connectivity index (χ4v) is 0.762. The lowest BCUT2D eigenvalue weighted by Gasteiger charge is -2.02. The van der Waals surface area contributed by atoms with Gasteiger partial charge in [0.25, 0.3) is 0 Å². The van der Waals surface area contributed by atoms with Crippen molar-refractivity contribution >= 4 is 5.95 Å². The minimum atomic E-state index is 0.441. The third-order valence-electron chi connectivity index (χ3n) is 1.61. The Morgan fingerprint density at radius 3 is 2.69 bits per heavy atom. The van der Waals surface area contributed by atoms with Gasteiger partial charge in [-0.1, -0.05) is 0 Å². The molecule has 0 amide bonds. The first-order chi connectivity index (χ1) is 6.24. The Morgan fingerprint density at radius 1 is 1.31 bits per heavy atom. The predicted octanol–water partition coefficient (Wildman–Crippen LogP) is 0.814. The number of nitriles is 1. The van der Waals surface area contributed by atoms with E-state index in [1.165, 1.54) is 0 Å². The van der Waals surface area contributed by atoms with E-state index in [0.717, 1.165) is 11.4 Å². The van der Waals surface area contributed by atoms with Gasteiger partial charge in [-0.05, 0) is 13.8 Å². The van der Waals surface area contributed by atoms with Crippen LogP contribution in [0.5, 0.6) is 0 Å². The van der Waals surface area contributed by atoms with Gasteiger partial charge < -0.3 is 5.32 Å². The third kappa shape index (κ3) is 2.67. The van der Waals surface area contributed by atoms with Gasteiger partial charge in [-0.2, -0.15) is 10.4 Å². The molecule has 1 heterocycles. The van der Waals surface area contributed by atoms with Gasteiger partial charge in [0, 0.05) is 6.54 Å². The minimum Gasteiger partial charge on any atom is -0.352 e. The molecule has 0 saturated heterocycles. The van der Waals surface area contributed by atoms with Crippen molar-refractivity contribution in [3.63, 3.8) is 0 Å². The average Bonchev–Trinajstić information content (AvgIpc) is 2.12. The number of aryl methyl sites for hydroxylation is 2. The van der Waals surface area contributed by atoms with Crippen molar-refractivity contribution in [1.29, 1.82) is 5.26 Å². The number of aromatic nitrogens is 3. The van der Waals surface area contributed by atoms with Crippen LogP contribution in [0.25, 0.3) is 0 Å². The third-order valence-corrected chi connectivity index (χ3v) is 1.61. The van der Waals surface area contributed by atoms with Gasteiger partial charge >= 0.3 is 0 Å². The number of nitrogens with zero attached hydrogens (tertiary/aromatic N) is 4. The Hall–Kier alpha value is -1.70. The Balaban J connectivity index is 2.59. The minimum absolute atomic E-state index is 0.441. The van der Waals surface area contributed by atoms with Crippen LogP contribution in [-0.2, 0) is 0 Å². The van der Waals surface area contributed by atoms with Gasteiger partial charge in [-0.15, -0.1) is 5.10 Å². The summed E-state index contributed by atoms with van der Waals surface area (Å²) in [6.45, 7) is 4.29. The molecule has 13 heavy (non-hydrogen) atoms. The van der Waals surface area contributed by atoms with Gasteiger partial charge in [0.2, 0.25) is 5.95 Å². The van der Waals surface area contributed by atoms with Crippen molar-refractivity contribution in [3.05, 3.63) is 11.4 Å². The van der Waals surface area contributed by atoms with Gasteiger partial charge in [0.1, 0.15) is 0 Å². The summed E-state index contributed by atoms with van der Waals surface area (Å²) < 4.78 is 0. The Bertz CT molecular complexity index is 328. The molecule has 0 aliphatic rings. The number of anilines is 1. The summed E-state index contributed by atoms with van der Waals surface area (Å²) in [6, 6.07) is 2.03. The maximum absolute atomic E-state index is 8.30. The molecular formula is C8H11N5. The highest BCUT2D eigenvalue weighted by molar-refractivity contribution is 5.24. The predicted molar refractivity (Wildman–Crippen MR) is 48.0 cm³/mol. The van der Waals surface area contributed by atoms with Crippen molar-refractivity contribution < 1.29 is 0 Å². The molecule has 0 spiro atoms. The lowest BCUT2D eigenvalue weighted by molar-refractivity contribution is 0.883. The highest BCUT2D eigenvalue weighted by atomic mass is 15.2. The van der Waals surface area contributed by atoms with E-state index >= 15 is 0 Å². The summed E-state index contributed by atoms with van der Waals surface area (Å²) in [5.74, 6) is 0.485. The molecule has 0 atom stereocenters. The van der Waals surface area contributed by atoms with Gasteiger partial charge in [0.05, 0.1) is 23.9 Å². The van der Waals surface area contributed by atoms with Gasteiger partial charge in [0.15, 0.2) is 0 Å². The number of hydrogen-bond acceptors (Lipinski definition) is 5. The first-order valence-corrected chi connectivity index (χ1v) is 4.03. The molecule has 0 aliphatic carbocycles. The Morgan fingerprint density at radius 2 is 2.08 bits per heavy atom. The van der Waals surface area contributed by atoms with Gasteiger partial charge in [-0.25, -0.2) is 4.98 Å². The molecule has 68 valence electrons. The molecule has 5 heteroatoms. The van der Waals surface area contributed by atoms with E-state index in [1.54, 1.807) is 0 Å². The molecule has 5 nitrogen and oxygen atoms in total. The maximum Gasteiger partial charge on any atom is 0.242 e. The van der Waals surface area contributed by atoms with E-state index in [4.69, 9.17) is 5.26 Å². The molecule has 1 rings (SSSR count). The van der Waals surface area contributed by atoms with E-state index in [-0.39, 0.29) is 0 Å². The summed E-state index contributed by atoms with van der Waals surface area (Å²) >= 11 is 0. The second kappa shape index (κ2) is 4.36. The van der Waals surface area contributed by atoms with Crippen LogP contribution in [0.1, 0.15) is 17.8 Å². The molecule has 1 aromatic rings. The summed E-state index contributed by atoms with van der Waals surface area (Å²) in [5.41, 5.74) is 1.68. The molecule has 0 radical (unpaired) electrons. The quantitative estimate of drug-likeness (QED) is 0.691. The van der Waals surface area contributed by atoms with E-state index in [0.29, 0.717) is 18.9 Å². The summed E-state index contributed by atoms with van der Waals surface area (Å²) in [4.78, 5) is 4.15. The topological polar surface area (TPSA) is 74.5 Å². The van der Waals surface area contributed by atoms with Crippen LogP contribution < -0.4 is 5.32 Å². The van der Waals surface area contributed by atoms with Crippen LogP contribution in [0.2, 0.25) is 0 Å².